The number of nitrogens with zero attached hydrogens (tertiary/aromatic N) is 2. The Kier molecular flexibility index (Phi) is 4.19. The van der Waals surface area contributed by atoms with Crippen molar-refractivity contribution in [1.82, 2.24) is 9.80 Å². The molecule has 1 aliphatic heterocycles. The summed E-state index contributed by atoms with van der Waals surface area (Å²) in [5, 5.41) is 0. The van der Waals surface area contributed by atoms with Gasteiger partial charge in [0.05, 0.1) is 6.17 Å². The van der Waals surface area contributed by atoms with Crippen LogP contribution in [0.1, 0.15) is 51.2 Å². The van der Waals surface area contributed by atoms with Crippen molar-refractivity contribution in [3.63, 3.8) is 0 Å². The normalized spacial score (nSPS) is 24.2. The van der Waals surface area contributed by atoms with E-state index in [1.807, 2.05) is 0 Å². The van der Waals surface area contributed by atoms with E-state index in [4.69, 9.17) is 0 Å². The van der Waals surface area contributed by atoms with Crippen LogP contribution in [0.2, 0.25) is 0 Å². The zero-order chi connectivity index (χ0) is 15.0. The van der Waals surface area contributed by atoms with Gasteiger partial charge >= 0.3 is 0 Å². The summed E-state index contributed by atoms with van der Waals surface area (Å²) < 4.78 is 0. The van der Waals surface area contributed by atoms with E-state index in [1.165, 1.54) is 30.6 Å². The van der Waals surface area contributed by atoms with Crippen molar-refractivity contribution in [3.05, 3.63) is 41.5 Å². The molecule has 0 amide bonds. The summed E-state index contributed by atoms with van der Waals surface area (Å²) >= 11 is 0. The summed E-state index contributed by atoms with van der Waals surface area (Å²) in [6.07, 6.45) is 6.51. The molecule has 2 heteroatoms. The summed E-state index contributed by atoms with van der Waals surface area (Å²) in [6.45, 7) is 11.8. The van der Waals surface area contributed by atoms with Gasteiger partial charge in [-0.25, -0.2) is 0 Å². The van der Waals surface area contributed by atoms with Gasteiger partial charge in [-0.05, 0) is 45.2 Å². The van der Waals surface area contributed by atoms with Crippen molar-refractivity contribution < 1.29 is 0 Å². The van der Waals surface area contributed by atoms with Gasteiger partial charge in [0.15, 0.2) is 0 Å². The average molecular weight is 284 g/mol. The van der Waals surface area contributed by atoms with Crippen LogP contribution < -0.4 is 0 Å². The first-order valence-corrected chi connectivity index (χ1v) is 8.38. The highest BCUT2D eigenvalue weighted by Gasteiger charge is 2.39. The van der Waals surface area contributed by atoms with Crippen LogP contribution in [0.5, 0.6) is 0 Å². The summed E-state index contributed by atoms with van der Waals surface area (Å²) in [5.41, 5.74) is 2.90. The van der Waals surface area contributed by atoms with Gasteiger partial charge in [0, 0.05) is 31.1 Å². The second-order valence-electron chi connectivity index (χ2n) is 6.94. The zero-order valence-electron chi connectivity index (χ0n) is 13.8. The topological polar surface area (TPSA) is 6.48 Å². The molecule has 1 saturated heterocycles. The Labute approximate surface area is 129 Å². The van der Waals surface area contributed by atoms with Gasteiger partial charge in [-0.3, -0.25) is 9.80 Å². The molecule has 1 aromatic carbocycles. The lowest BCUT2D eigenvalue weighted by molar-refractivity contribution is -0.0396. The standard InChI is InChI=1S/C19H28N2/c1-14(2)20-12-7-13-21(15(3)4)19(20)18-11-10-16-8-5-6-9-17(16)18/h5-6,8-11,14-15,18-19H,7,12-13H2,1-4H3. The summed E-state index contributed by atoms with van der Waals surface area (Å²) in [5.74, 6) is 0.506. The second-order valence-corrected chi connectivity index (χ2v) is 6.94. The quantitative estimate of drug-likeness (QED) is 0.829. The van der Waals surface area contributed by atoms with Gasteiger partial charge in [0.2, 0.25) is 0 Å². The summed E-state index contributed by atoms with van der Waals surface area (Å²) in [6, 6.07) is 10.1. The third-order valence-corrected chi connectivity index (χ3v) is 5.00. The Balaban J connectivity index is 1.97. The molecule has 1 aliphatic carbocycles. The minimum Gasteiger partial charge on any atom is -0.285 e. The van der Waals surface area contributed by atoms with Gasteiger partial charge in [-0.15, -0.1) is 0 Å². The molecule has 1 heterocycles. The number of fused-ring (bicyclic) bond motifs is 1. The smallest absolute Gasteiger partial charge is 0.0733 e. The van der Waals surface area contributed by atoms with Gasteiger partial charge in [0.25, 0.3) is 0 Å². The molecule has 1 fully saturated rings. The molecule has 0 saturated carbocycles. The Morgan fingerprint density at radius 2 is 1.57 bits per heavy atom. The SMILES string of the molecule is CC(C)N1CCCN(C(C)C)C1C1C=Cc2ccccc21. The van der Waals surface area contributed by atoms with Crippen molar-refractivity contribution in [2.45, 2.75) is 58.3 Å². The van der Waals surface area contributed by atoms with E-state index in [0.717, 1.165) is 0 Å². The van der Waals surface area contributed by atoms with Gasteiger partial charge in [-0.2, -0.15) is 0 Å². The number of benzene rings is 1. The fourth-order valence-corrected chi connectivity index (χ4v) is 3.97. The van der Waals surface area contributed by atoms with Crippen LogP contribution in [0, 0.1) is 0 Å². The maximum Gasteiger partial charge on any atom is 0.0733 e. The van der Waals surface area contributed by atoms with Crippen molar-refractivity contribution in [1.29, 1.82) is 0 Å². The Bertz CT molecular complexity index is 502. The van der Waals surface area contributed by atoms with Crippen molar-refractivity contribution in [2.75, 3.05) is 13.1 Å². The molecular weight excluding hydrogens is 256 g/mol. The summed E-state index contributed by atoms with van der Waals surface area (Å²) in [4.78, 5) is 5.39. The molecule has 0 aromatic heterocycles. The van der Waals surface area contributed by atoms with Gasteiger partial charge in [-0.1, -0.05) is 36.4 Å². The van der Waals surface area contributed by atoms with Crippen molar-refractivity contribution in [3.8, 4) is 0 Å². The van der Waals surface area contributed by atoms with Crippen LogP contribution in [-0.2, 0) is 0 Å². The maximum absolute atomic E-state index is 2.70. The van der Waals surface area contributed by atoms with Crippen LogP contribution in [-0.4, -0.2) is 41.1 Å². The zero-order valence-corrected chi connectivity index (χ0v) is 13.8. The average Bonchev–Trinajstić information content (AvgIpc) is 2.90. The lowest BCUT2D eigenvalue weighted by Gasteiger charge is -2.50. The lowest BCUT2D eigenvalue weighted by atomic mass is 9.92. The highest BCUT2D eigenvalue weighted by molar-refractivity contribution is 5.62. The molecule has 0 radical (unpaired) electrons. The van der Waals surface area contributed by atoms with Gasteiger partial charge < -0.3 is 0 Å². The van der Waals surface area contributed by atoms with Crippen LogP contribution in [0.4, 0.5) is 0 Å². The van der Waals surface area contributed by atoms with E-state index in [2.05, 4.69) is 73.9 Å². The van der Waals surface area contributed by atoms with Gasteiger partial charge in [0.1, 0.15) is 0 Å². The first kappa shape index (κ1) is 14.8. The van der Waals surface area contributed by atoms with Crippen molar-refractivity contribution in [2.24, 2.45) is 0 Å². The molecule has 0 bridgehead atoms. The molecule has 0 spiro atoms. The minimum atomic E-state index is 0.499. The Morgan fingerprint density at radius 3 is 2.19 bits per heavy atom. The predicted molar refractivity (Wildman–Crippen MR) is 90.3 cm³/mol. The molecular formula is C19H28N2. The fourth-order valence-electron chi connectivity index (χ4n) is 3.97. The monoisotopic (exact) mass is 284 g/mol. The van der Waals surface area contributed by atoms with E-state index < -0.39 is 0 Å². The molecule has 1 aromatic rings. The highest BCUT2D eigenvalue weighted by atomic mass is 15.4. The van der Waals surface area contributed by atoms with Crippen LogP contribution in [0.15, 0.2) is 30.3 Å². The molecule has 114 valence electrons. The number of rotatable bonds is 3. The summed E-state index contributed by atoms with van der Waals surface area (Å²) in [7, 11) is 0. The molecule has 1 atom stereocenters. The van der Waals surface area contributed by atoms with Crippen molar-refractivity contribution >= 4 is 6.08 Å². The van der Waals surface area contributed by atoms with E-state index >= 15 is 0 Å². The van der Waals surface area contributed by atoms with Crippen LogP contribution in [0.25, 0.3) is 6.08 Å². The minimum absolute atomic E-state index is 0.499. The number of hydrogen-bond donors (Lipinski definition) is 0. The predicted octanol–water partition coefficient (Wildman–Crippen LogP) is 3.95. The maximum atomic E-state index is 2.70. The van der Waals surface area contributed by atoms with E-state index in [-0.39, 0.29) is 0 Å². The molecule has 2 aliphatic rings. The Morgan fingerprint density at radius 1 is 0.952 bits per heavy atom. The lowest BCUT2D eigenvalue weighted by Crippen LogP contribution is -2.59. The van der Waals surface area contributed by atoms with Crippen LogP contribution in [0.3, 0.4) is 0 Å². The Hall–Kier alpha value is -1.12. The van der Waals surface area contributed by atoms with E-state index in [9.17, 15) is 0 Å². The molecule has 0 N–H and O–H groups in total. The fraction of sp³-hybridized carbons (Fsp3) is 0.579. The van der Waals surface area contributed by atoms with Crippen LogP contribution >= 0.6 is 0 Å². The van der Waals surface area contributed by atoms with E-state index in [1.54, 1.807) is 0 Å². The third-order valence-electron chi connectivity index (χ3n) is 5.00. The molecule has 1 unspecified atom stereocenters. The third kappa shape index (κ3) is 2.67. The molecule has 2 nitrogen and oxygen atoms in total. The first-order valence-electron chi connectivity index (χ1n) is 8.38. The highest BCUT2D eigenvalue weighted by Crippen LogP contribution is 2.38. The number of hydrogen-bond acceptors (Lipinski definition) is 2. The molecule has 3 rings (SSSR count). The largest absolute Gasteiger partial charge is 0.285 e. The molecule has 21 heavy (non-hydrogen) atoms. The van der Waals surface area contributed by atoms with E-state index in [0.29, 0.717) is 24.2 Å². The second kappa shape index (κ2) is 5.94. The first-order chi connectivity index (χ1) is 10.1.